The van der Waals surface area contributed by atoms with Crippen LogP contribution >= 0.6 is 0 Å². The van der Waals surface area contributed by atoms with Crippen LogP contribution in [0.2, 0.25) is 0 Å². The van der Waals surface area contributed by atoms with E-state index in [9.17, 15) is 10.1 Å². The molecule has 0 radical (unpaired) electrons. The maximum absolute atomic E-state index is 11.0. The fraction of sp³-hybridized carbons (Fsp3) is 0.500. The zero-order chi connectivity index (χ0) is 12.4. The molecule has 17 heavy (non-hydrogen) atoms. The van der Waals surface area contributed by atoms with Gasteiger partial charge in [0.15, 0.2) is 0 Å². The summed E-state index contributed by atoms with van der Waals surface area (Å²) in [7, 11) is 3.52. The van der Waals surface area contributed by atoms with Crippen LogP contribution in [0, 0.1) is 10.1 Å². The second-order valence-electron chi connectivity index (χ2n) is 4.46. The minimum Gasteiger partial charge on any atom is -0.497 e. The molecule has 5 heteroatoms. The van der Waals surface area contributed by atoms with Crippen LogP contribution in [0.25, 0.3) is 0 Å². The lowest BCUT2D eigenvalue weighted by atomic mass is 9.94. The largest absolute Gasteiger partial charge is 0.497 e. The van der Waals surface area contributed by atoms with E-state index in [4.69, 9.17) is 4.74 Å². The van der Waals surface area contributed by atoms with Crippen LogP contribution in [0.3, 0.4) is 0 Å². The highest BCUT2D eigenvalue weighted by Crippen LogP contribution is 2.30. The van der Waals surface area contributed by atoms with E-state index < -0.39 is 6.04 Å². The second-order valence-corrected chi connectivity index (χ2v) is 4.46. The fourth-order valence-corrected chi connectivity index (χ4v) is 2.39. The van der Waals surface area contributed by atoms with Crippen molar-refractivity contribution in [3.05, 3.63) is 39.9 Å². The summed E-state index contributed by atoms with van der Waals surface area (Å²) in [5, 5.41) is 11.0. The van der Waals surface area contributed by atoms with Crippen LogP contribution < -0.4 is 4.74 Å². The molecule has 0 aliphatic carbocycles. The van der Waals surface area contributed by atoms with Crippen molar-refractivity contribution in [2.45, 2.75) is 12.0 Å². The third-order valence-corrected chi connectivity index (χ3v) is 3.26. The van der Waals surface area contributed by atoms with Crippen molar-refractivity contribution < 1.29 is 9.66 Å². The Kier molecular flexibility index (Phi) is 3.28. The second kappa shape index (κ2) is 4.71. The molecule has 0 unspecified atom stereocenters. The first-order chi connectivity index (χ1) is 8.11. The van der Waals surface area contributed by atoms with Crippen molar-refractivity contribution in [3.8, 4) is 5.75 Å². The minimum absolute atomic E-state index is 0.0508. The van der Waals surface area contributed by atoms with E-state index >= 15 is 0 Å². The van der Waals surface area contributed by atoms with Gasteiger partial charge in [0.25, 0.3) is 0 Å². The first kappa shape index (κ1) is 11.9. The molecule has 5 nitrogen and oxygen atoms in total. The molecule has 0 amide bonds. The highest BCUT2D eigenvalue weighted by atomic mass is 16.6. The molecule has 1 aromatic carbocycles. The maximum Gasteiger partial charge on any atom is 0.233 e. The van der Waals surface area contributed by atoms with Crippen LogP contribution in [0.1, 0.15) is 11.5 Å². The summed E-state index contributed by atoms with van der Waals surface area (Å²) in [5.41, 5.74) is 0.982. The van der Waals surface area contributed by atoms with E-state index in [0.29, 0.717) is 6.54 Å². The van der Waals surface area contributed by atoms with Gasteiger partial charge in [0.1, 0.15) is 5.75 Å². The van der Waals surface area contributed by atoms with Crippen molar-refractivity contribution >= 4 is 0 Å². The first-order valence-electron chi connectivity index (χ1n) is 5.58. The van der Waals surface area contributed by atoms with Crippen molar-refractivity contribution in [1.29, 1.82) is 0 Å². The van der Waals surface area contributed by atoms with Crippen molar-refractivity contribution in [2.75, 3.05) is 27.2 Å². The molecule has 1 saturated heterocycles. The molecule has 0 saturated carbocycles. The molecule has 0 aromatic heterocycles. The molecule has 1 aliphatic heterocycles. The van der Waals surface area contributed by atoms with E-state index in [-0.39, 0.29) is 10.8 Å². The summed E-state index contributed by atoms with van der Waals surface area (Å²) in [6.45, 7) is 1.23. The lowest BCUT2D eigenvalue weighted by Gasteiger charge is -2.13. The lowest BCUT2D eigenvalue weighted by molar-refractivity contribution is -0.521. The van der Waals surface area contributed by atoms with Crippen LogP contribution in [-0.4, -0.2) is 43.1 Å². The van der Waals surface area contributed by atoms with E-state index in [0.717, 1.165) is 17.9 Å². The third-order valence-electron chi connectivity index (χ3n) is 3.26. The normalized spacial score (nSPS) is 24.8. The summed E-state index contributed by atoms with van der Waals surface area (Å²) in [6, 6.07) is 7.03. The number of rotatable bonds is 3. The molecule has 0 bridgehead atoms. The van der Waals surface area contributed by atoms with E-state index in [1.807, 2.05) is 36.2 Å². The Morgan fingerprint density at radius 1 is 1.47 bits per heavy atom. The van der Waals surface area contributed by atoms with Gasteiger partial charge in [0, 0.05) is 11.5 Å². The predicted molar refractivity (Wildman–Crippen MR) is 64.0 cm³/mol. The van der Waals surface area contributed by atoms with Crippen LogP contribution in [0.4, 0.5) is 0 Å². The van der Waals surface area contributed by atoms with Crippen molar-refractivity contribution in [1.82, 2.24) is 4.90 Å². The number of hydrogen-bond donors (Lipinski definition) is 0. The topological polar surface area (TPSA) is 55.6 Å². The van der Waals surface area contributed by atoms with Gasteiger partial charge in [-0.2, -0.15) is 0 Å². The standard InChI is InChI=1S/C12H16N2O3/c1-13-7-11(12(8-13)14(15)16)9-4-3-5-10(6-9)17-2/h3-6,11-12H,7-8H2,1-2H3/t11-,12+/m1/s1. The quantitative estimate of drug-likeness (QED) is 0.587. The zero-order valence-electron chi connectivity index (χ0n) is 10.00. The molecule has 1 heterocycles. The SMILES string of the molecule is COc1cccc([C@H]2CN(C)C[C@@H]2[N+](=O)[O-])c1. The number of likely N-dealkylation sites (N-methyl/N-ethyl adjacent to an activating group) is 1. The molecule has 1 aromatic rings. The van der Waals surface area contributed by atoms with Gasteiger partial charge < -0.3 is 4.74 Å². The predicted octanol–water partition coefficient (Wildman–Crippen LogP) is 1.37. The van der Waals surface area contributed by atoms with E-state index in [2.05, 4.69) is 0 Å². The summed E-state index contributed by atoms with van der Waals surface area (Å²) >= 11 is 0. The molecule has 2 rings (SSSR count). The van der Waals surface area contributed by atoms with Crippen LogP contribution in [-0.2, 0) is 0 Å². The highest BCUT2D eigenvalue weighted by molar-refractivity contribution is 5.32. The van der Waals surface area contributed by atoms with Crippen LogP contribution in [0.15, 0.2) is 24.3 Å². The van der Waals surface area contributed by atoms with Gasteiger partial charge in [-0.05, 0) is 24.7 Å². The van der Waals surface area contributed by atoms with Crippen molar-refractivity contribution in [2.24, 2.45) is 0 Å². The molecule has 92 valence electrons. The number of nitrogens with zero attached hydrogens (tertiary/aromatic N) is 2. The van der Waals surface area contributed by atoms with Crippen molar-refractivity contribution in [3.63, 3.8) is 0 Å². The number of nitro groups is 1. The van der Waals surface area contributed by atoms with E-state index in [1.165, 1.54) is 0 Å². The highest BCUT2D eigenvalue weighted by Gasteiger charge is 2.40. The molecule has 0 N–H and O–H groups in total. The van der Waals surface area contributed by atoms with Crippen LogP contribution in [0.5, 0.6) is 5.75 Å². The number of methoxy groups -OCH3 is 1. The third kappa shape index (κ3) is 2.39. The minimum atomic E-state index is -0.521. The Morgan fingerprint density at radius 3 is 2.88 bits per heavy atom. The maximum atomic E-state index is 11.0. The molecular formula is C12H16N2O3. The number of ether oxygens (including phenoxy) is 1. The number of likely N-dealkylation sites (tertiary alicyclic amines) is 1. The average Bonchev–Trinajstić information content (AvgIpc) is 2.72. The van der Waals surface area contributed by atoms with E-state index in [1.54, 1.807) is 7.11 Å². The molecule has 2 atom stereocenters. The number of benzene rings is 1. The van der Waals surface area contributed by atoms with Gasteiger partial charge in [-0.1, -0.05) is 12.1 Å². The summed E-state index contributed by atoms with van der Waals surface area (Å²) < 4.78 is 5.15. The van der Waals surface area contributed by atoms with Gasteiger partial charge >= 0.3 is 0 Å². The summed E-state index contributed by atoms with van der Waals surface area (Å²) in [4.78, 5) is 12.9. The molecule has 0 spiro atoms. The smallest absolute Gasteiger partial charge is 0.233 e. The average molecular weight is 236 g/mol. The summed E-state index contributed by atoms with van der Waals surface area (Å²) in [6.07, 6.45) is 0. The Labute approximate surface area is 100 Å². The molecule has 1 fully saturated rings. The Hall–Kier alpha value is -1.62. The fourth-order valence-electron chi connectivity index (χ4n) is 2.39. The van der Waals surface area contributed by atoms with Gasteiger partial charge in [-0.3, -0.25) is 15.0 Å². The van der Waals surface area contributed by atoms with Gasteiger partial charge in [-0.25, -0.2) is 0 Å². The molecule has 1 aliphatic rings. The van der Waals surface area contributed by atoms with Gasteiger partial charge in [0.2, 0.25) is 6.04 Å². The summed E-state index contributed by atoms with van der Waals surface area (Å²) in [5.74, 6) is 0.698. The molecular weight excluding hydrogens is 220 g/mol. The Bertz CT molecular complexity index is 422. The Morgan fingerprint density at radius 2 is 2.24 bits per heavy atom. The Balaban J connectivity index is 2.28. The van der Waals surface area contributed by atoms with Gasteiger partial charge in [0.05, 0.1) is 19.6 Å². The van der Waals surface area contributed by atoms with Gasteiger partial charge in [-0.15, -0.1) is 0 Å². The zero-order valence-corrected chi connectivity index (χ0v) is 10.00. The number of hydrogen-bond acceptors (Lipinski definition) is 4. The first-order valence-corrected chi connectivity index (χ1v) is 5.58. The monoisotopic (exact) mass is 236 g/mol. The lowest BCUT2D eigenvalue weighted by Crippen LogP contribution is -2.27.